The molecule has 5 nitrogen and oxygen atoms in total. The first-order valence-corrected chi connectivity index (χ1v) is 11.9. The second kappa shape index (κ2) is 6.08. The van der Waals surface area contributed by atoms with Crippen LogP contribution >= 0.6 is 0 Å². The molecule has 1 aliphatic carbocycles. The summed E-state index contributed by atoms with van der Waals surface area (Å²) in [6, 6.07) is 0. The molecule has 0 aromatic carbocycles. The van der Waals surface area contributed by atoms with Gasteiger partial charge in [0, 0.05) is 0 Å². The highest BCUT2D eigenvalue weighted by molar-refractivity contribution is 6.74. The highest BCUT2D eigenvalue weighted by Gasteiger charge is 2.65. The molecule has 1 aliphatic heterocycles. The number of hydrogen-bond acceptors (Lipinski definition) is 5. The number of carbonyl (C=O) groups is 1. The topological polar surface area (TPSA) is 54.0 Å². The Morgan fingerprint density at radius 3 is 2.33 bits per heavy atom. The maximum atomic E-state index is 12.5. The van der Waals surface area contributed by atoms with Crippen LogP contribution in [0.15, 0.2) is 0 Å². The van der Waals surface area contributed by atoms with Gasteiger partial charge in [-0.05, 0) is 52.2 Å². The second-order valence-electron chi connectivity index (χ2n) is 9.18. The van der Waals surface area contributed by atoms with E-state index in [1.807, 2.05) is 27.7 Å². The van der Waals surface area contributed by atoms with Crippen molar-refractivity contribution in [2.75, 3.05) is 6.61 Å². The average Bonchev–Trinajstić information content (AvgIpc) is 2.76. The molecule has 0 bridgehead atoms. The monoisotopic (exact) mass is 358 g/mol. The minimum absolute atomic E-state index is 0.0976. The zero-order valence-corrected chi connectivity index (χ0v) is 17.7. The third kappa shape index (κ3) is 3.43. The van der Waals surface area contributed by atoms with Crippen molar-refractivity contribution in [2.45, 2.75) is 96.6 Å². The predicted molar refractivity (Wildman–Crippen MR) is 95.3 cm³/mol. The molecule has 0 aromatic rings. The van der Waals surface area contributed by atoms with Gasteiger partial charge in [0.05, 0.1) is 18.6 Å². The second-order valence-corrected chi connectivity index (χ2v) is 13.9. The van der Waals surface area contributed by atoms with Crippen LogP contribution in [0, 0.1) is 5.92 Å². The largest absolute Gasteiger partial charge is 0.466 e. The van der Waals surface area contributed by atoms with E-state index in [-0.39, 0.29) is 29.1 Å². The molecule has 0 spiro atoms. The lowest BCUT2D eigenvalue weighted by Crippen LogP contribution is -2.48. The van der Waals surface area contributed by atoms with Crippen molar-refractivity contribution in [3.63, 3.8) is 0 Å². The summed E-state index contributed by atoms with van der Waals surface area (Å²) >= 11 is 0. The summed E-state index contributed by atoms with van der Waals surface area (Å²) in [4.78, 5) is 12.5. The molecule has 0 aromatic heterocycles. The summed E-state index contributed by atoms with van der Waals surface area (Å²) in [5.41, 5.74) is -0.706. The van der Waals surface area contributed by atoms with Crippen LogP contribution in [0.3, 0.4) is 0 Å². The van der Waals surface area contributed by atoms with Gasteiger partial charge in [0.1, 0.15) is 11.7 Å². The van der Waals surface area contributed by atoms with Crippen LogP contribution in [0.4, 0.5) is 0 Å². The highest BCUT2D eigenvalue weighted by Crippen LogP contribution is 2.52. The lowest BCUT2D eigenvalue weighted by atomic mass is 9.91. The highest BCUT2D eigenvalue weighted by atomic mass is 28.4. The lowest BCUT2D eigenvalue weighted by Gasteiger charge is -2.39. The van der Waals surface area contributed by atoms with Crippen LogP contribution in [-0.2, 0) is 23.4 Å². The normalized spacial score (nSPS) is 35.8. The van der Waals surface area contributed by atoms with Crippen molar-refractivity contribution in [3.8, 4) is 0 Å². The van der Waals surface area contributed by atoms with Gasteiger partial charge in [-0.25, -0.2) is 0 Å². The van der Waals surface area contributed by atoms with E-state index in [1.165, 1.54) is 0 Å². The Kier molecular flexibility index (Phi) is 5.03. The Balaban J connectivity index is 2.30. The van der Waals surface area contributed by atoms with Crippen LogP contribution in [0.2, 0.25) is 18.1 Å². The van der Waals surface area contributed by atoms with Gasteiger partial charge in [0.25, 0.3) is 0 Å². The minimum atomic E-state index is -1.98. The molecule has 2 rings (SSSR count). The van der Waals surface area contributed by atoms with Crippen molar-refractivity contribution in [3.05, 3.63) is 0 Å². The molecule has 0 N–H and O–H groups in total. The van der Waals surface area contributed by atoms with Crippen molar-refractivity contribution in [1.29, 1.82) is 0 Å². The summed E-state index contributed by atoms with van der Waals surface area (Å²) in [5.74, 6) is -1.30. The first-order chi connectivity index (χ1) is 10.7. The summed E-state index contributed by atoms with van der Waals surface area (Å²) in [5, 5.41) is 0.0976. The van der Waals surface area contributed by atoms with Crippen LogP contribution in [-0.4, -0.2) is 44.5 Å². The molecule has 140 valence electrons. The minimum Gasteiger partial charge on any atom is -0.466 e. The van der Waals surface area contributed by atoms with Gasteiger partial charge in [-0.15, -0.1) is 0 Å². The number of fused-ring (bicyclic) bond motifs is 1. The van der Waals surface area contributed by atoms with E-state index in [0.717, 1.165) is 0 Å². The van der Waals surface area contributed by atoms with Gasteiger partial charge in [0.15, 0.2) is 14.1 Å². The van der Waals surface area contributed by atoms with Gasteiger partial charge < -0.3 is 18.6 Å². The molecular formula is C18H34O5Si. The Morgan fingerprint density at radius 2 is 1.83 bits per heavy atom. The van der Waals surface area contributed by atoms with E-state index in [0.29, 0.717) is 13.0 Å². The van der Waals surface area contributed by atoms with E-state index in [4.69, 9.17) is 18.6 Å². The molecule has 4 atom stereocenters. The molecule has 1 saturated heterocycles. The first kappa shape index (κ1) is 19.9. The number of hydrogen-bond donors (Lipinski definition) is 0. The summed E-state index contributed by atoms with van der Waals surface area (Å²) in [7, 11) is -1.98. The van der Waals surface area contributed by atoms with Crippen molar-refractivity contribution < 1.29 is 23.4 Å². The van der Waals surface area contributed by atoms with E-state index in [1.54, 1.807) is 0 Å². The summed E-state index contributed by atoms with van der Waals surface area (Å²) in [6.45, 7) is 19.0. The molecule has 2 aliphatic rings. The van der Waals surface area contributed by atoms with Gasteiger partial charge >= 0.3 is 5.97 Å². The molecule has 24 heavy (non-hydrogen) atoms. The molecule has 0 amide bonds. The SMILES string of the molecule is CCOC(=O)[C@H]1C[C@@H](O[Si](C)(C)C(C)(C)C)C2OC(C)(C)OC21C. The number of esters is 1. The third-order valence-electron chi connectivity index (χ3n) is 5.76. The molecule has 1 saturated carbocycles. The van der Waals surface area contributed by atoms with Crippen LogP contribution in [0.25, 0.3) is 0 Å². The van der Waals surface area contributed by atoms with Gasteiger partial charge in [-0.3, -0.25) is 4.79 Å². The molecule has 2 unspecified atom stereocenters. The quantitative estimate of drug-likeness (QED) is 0.564. The average molecular weight is 359 g/mol. The van der Waals surface area contributed by atoms with Crippen molar-refractivity contribution in [1.82, 2.24) is 0 Å². The Bertz CT molecular complexity index is 496. The van der Waals surface area contributed by atoms with E-state index in [9.17, 15) is 4.79 Å². The maximum absolute atomic E-state index is 12.5. The number of rotatable bonds is 4. The van der Waals surface area contributed by atoms with E-state index >= 15 is 0 Å². The fourth-order valence-corrected chi connectivity index (χ4v) is 4.91. The molecule has 0 radical (unpaired) electrons. The van der Waals surface area contributed by atoms with Crippen molar-refractivity contribution >= 4 is 14.3 Å². The maximum Gasteiger partial charge on any atom is 0.312 e. The Morgan fingerprint density at radius 1 is 1.25 bits per heavy atom. The predicted octanol–water partition coefficient (Wildman–Crippen LogP) is 3.87. The van der Waals surface area contributed by atoms with Gasteiger partial charge in [-0.1, -0.05) is 20.8 Å². The van der Waals surface area contributed by atoms with E-state index < -0.39 is 19.7 Å². The van der Waals surface area contributed by atoms with Crippen LogP contribution in [0.5, 0.6) is 0 Å². The van der Waals surface area contributed by atoms with Crippen molar-refractivity contribution in [2.24, 2.45) is 5.92 Å². The zero-order valence-electron chi connectivity index (χ0n) is 16.7. The molecular weight excluding hydrogens is 324 g/mol. The summed E-state index contributed by atoms with van der Waals surface area (Å²) < 4.78 is 24.3. The van der Waals surface area contributed by atoms with Crippen LogP contribution in [0.1, 0.15) is 54.9 Å². The molecule has 1 heterocycles. The van der Waals surface area contributed by atoms with Gasteiger partial charge in [-0.2, -0.15) is 0 Å². The third-order valence-corrected chi connectivity index (χ3v) is 10.3. The standard InChI is InChI=1S/C18H34O5Si/c1-10-20-15(19)12-11-13(22-24(8,9)16(2,3)4)14-18(12,7)23-17(5,6)21-14/h12-14H,10-11H2,1-9H3/t12-,13-,14?,18?/m1/s1. The fourth-order valence-electron chi connectivity index (χ4n) is 3.58. The Labute approximate surface area is 147 Å². The lowest BCUT2D eigenvalue weighted by molar-refractivity contribution is -0.187. The number of ether oxygens (including phenoxy) is 3. The molecule has 6 heteroatoms. The van der Waals surface area contributed by atoms with Gasteiger partial charge in [0.2, 0.25) is 0 Å². The zero-order chi connectivity index (χ0) is 18.6. The van der Waals surface area contributed by atoms with Crippen LogP contribution < -0.4 is 0 Å². The smallest absolute Gasteiger partial charge is 0.312 e. The number of carbonyl (C=O) groups excluding carboxylic acids is 1. The first-order valence-electron chi connectivity index (χ1n) is 8.96. The fraction of sp³-hybridized carbons (Fsp3) is 0.944. The summed E-state index contributed by atoms with van der Waals surface area (Å²) in [6.07, 6.45) is 0.186. The molecule has 2 fully saturated rings. The Hall–Kier alpha value is -0.433. The van der Waals surface area contributed by atoms with E-state index in [2.05, 4.69) is 33.9 Å².